The van der Waals surface area contributed by atoms with Crippen LogP contribution in [0.25, 0.3) is 0 Å². The molecule has 82 valence electrons. The Kier molecular flexibility index (Phi) is 3.13. The van der Waals surface area contributed by atoms with Crippen LogP contribution in [0.2, 0.25) is 0 Å². The number of nitrogens with one attached hydrogen (secondary N) is 1. The molecular formula is C12H23NO. The fraction of sp³-hybridized carbons (Fsp3) is 1.00. The number of fused-ring (bicyclic) bond motifs is 1. The molecule has 14 heavy (non-hydrogen) atoms. The van der Waals surface area contributed by atoms with Crippen molar-refractivity contribution in [3.8, 4) is 0 Å². The second-order valence-electron chi connectivity index (χ2n) is 5.09. The van der Waals surface area contributed by atoms with Crippen molar-refractivity contribution in [2.75, 3.05) is 6.54 Å². The van der Waals surface area contributed by atoms with E-state index in [0.717, 1.165) is 13.0 Å². The van der Waals surface area contributed by atoms with E-state index in [1.807, 2.05) is 0 Å². The zero-order valence-corrected chi connectivity index (χ0v) is 9.51. The lowest BCUT2D eigenvalue weighted by Crippen LogP contribution is -2.57. The van der Waals surface area contributed by atoms with E-state index in [1.54, 1.807) is 0 Å². The molecule has 2 rings (SSSR count). The Morgan fingerprint density at radius 1 is 1.29 bits per heavy atom. The van der Waals surface area contributed by atoms with Gasteiger partial charge in [-0.15, -0.1) is 0 Å². The third-order valence-electron chi connectivity index (χ3n) is 3.87. The molecule has 2 fully saturated rings. The predicted molar refractivity (Wildman–Crippen MR) is 58.4 cm³/mol. The number of hydrogen-bond acceptors (Lipinski definition) is 2. The van der Waals surface area contributed by atoms with Gasteiger partial charge in [0.05, 0.1) is 11.7 Å². The first-order valence-corrected chi connectivity index (χ1v) is 6.15. The van der Waals surface area contributed by atoms with Gasteiger partial charge in [0, 0.05) is 12.6 Å². The summed E-state index contributed by atoms with van der Waals surface area (Å²) in [5.41, 5.74) is 0.0888. The van der Waals surface area contributed by atoms with Gasteiger partial charge in [0.2, 0.25) is 0 Å². The van der Waals surface area contributed by atoms with Crippen molar-refractivity contribution in [1.29, 1.82) is 0 Å². The van der Waals surface area contributed by atoms with Crippen molar-refractivity contribution in [3.05, 3.63) is 0 Å². The molecule has 1 saturated carbocycles. The van der Waals surface area contributed by atoms with Gasteiger partial charge in [-0.2, -0.15) is 0 Å². The molecule has 1 aliphatic heterocycles. The molecule has 1 saturated heterocycles. The van der Waals surface area contributed by atoms with Crippen LogP contribution in [0.4, 0.5) is 0 Å². The van der Waals surface area contributed by atoms with Crippen LogP contribution in [0, 0.1) is 0 Å². The Bertz CT molecular complexity index is 195. The van der Waals surface area contributed by atoms with Crippen LogP contribution in [0.15, 0.2) is 0 Å². The van der Waals surface area contributed by atoms with E-state index in [2.05, 4.69) is 19.2 Å². The molecule has 0 radical (unpaired) electrons. The summed E-state index contributed by atoms with van der Waals surface area (Å²) >= 11 is 0. The maximum absolute atomic E-state index is 6.24. The lowest BCUT2D eigenvalue weighted by Gasteiger charge is -2.43. The van der Waals surface area contributed by atoms with Crippen LogP contribution >= 0.6 is 0 Å². The second kappa shape index (κ2) is 4.19. The smallest absolute Gasteiger partial charge is 0.0780 e. The Balaban J connectivity index is 1.99. The van der Waals surface area contributed by atoms with Crippen LogP contribution in [0.3, 0.4) is 0 Å². The van der Waals surface area contributed by atoms with E-state index in [4.69, 9.17) is 4.74 Å². The highest BCUT2D eigenvalue weighted by Crippen LogP contribution is 2.30. The predicted octanol–water partition coefficient (Wildman–Crippen LogP) is 2.48. The van der Waals surface area contributed by atoms with E-state index in [1.165, 1.54) is 32.1 Å². The molecule has 0 amide bonds. The van der Waals surface area contributed by atoms with Crippen molar-refractivity contribution >= 4 is 0 Å². The Morgan fingerprint density at radius 2 is 2.07 bits per heavy atom. The third kappa shape index (κ3) is 2.12. The summed E-state index contributed by atoms with van der Waals surface area (Å²) in [6.45, 7) is 5.49. The van der Waals surface area contributed by atoms with E-state index < -0.39 is 0 Å². The van der Waals surface area contributed by atoms with E-state index in [-0.39, 0.29) is 5.60 Å². The zero-order chi connectivity index (χ0) is 10.0. The average molecular weight is 197 g/mol. The van der Waals surface area contributed by atoms with E-state index in [9.17, 15) is 0 Å². The number of hydrogen-bond donors (Lipinski definition) is 1. The highest BCUT2D eigenvalue weighted by molar-refractivity contribution is 4.91. The van der Waals surface area contributed by atoms with Gasteiger partial charge in [-0.25, -0.2) is 0 Å². The van der Waals surface area contributed by atoms with Gasteiger partial charge in [0.1, 0.15) is 0 Å². The standard InChI is InChI=1S/C12H23NO/c1-3-12(2)9-13-10-7-5-4-6-8-11(10)14-12/h10-11,13H,3-9H2,1-2H3. The molecular weight excluding hydrogens is 174 g/mol. The minimum atomic E-state index is 0.0888. The largest absolute Gasteiger partial charge is 0.369 e. The topological polar surface area (TPSA) is 21.3 Å². The van der Waals surface area contributed by atoms with Gasteiger partial charge in [-0.3, -0.25) is 0 Å². The first-order chi connectivity index (χ1) is 6.73. The summed E-state index contributed by atoms with van der Waals surface area (Å²) in [6, 6.07) is 0.636. The lowest BCUT2D eigenvalue weighted by atomic mass is 9.95. The molecule has 3 atom stereocenters. The Hall–Kier alpha value is -0.0800. The maximum Gasteiger partial charge on any atom is 0.0780 e. The fourth-order valence-electron chi connectivity index (χ4n) is 2.61. The minimum absolute atomic E-state index is 0.0888. The summed E-state index contributed by atoms with van der Waals surface area (Å²) < 4.78 is 6.24. The fourth-order valence-corrected chi connectivity index (χ4v) is 2.61. The van der Waals surface area contributed by atoms with Gasteiger partial charge in [-0.1, -0.05) is 26.2 Å². The van der Waals surface area contributed by atoms with Crippen molar-refractivity contribution in [3.63, 3.8) is 0 Å². The average Bonchev–Trinajstić information content (AvgIpc) is 2.42. The highest BCUT2D eigenvalue weighted by atomic mass is 16.5. The summed E-state index contributed by atoms with van der Waals surface area (Å²) in [4.78, 5) is 0. The lowest BCUT2D eigenvalue weighted by molar-refractivity contribution is -0.128. The Morgan fingerprint density at radius 3 is 2.86 bits per heavy atom. The SMILES string of the molecule is CCC1(C)CNC2CCCCCC2O1. The van der Waals surface area contributed by atoms with Gasteiger partial charge in [0.25, 0.3) is 0 Å². The maximum atomic E-state index is 6.24. The molecule has 0 aromatic rings. The van der Waals surface area contributed by atoms with Crippen LogP contribution < -0.4 is 5.32 Å². The van der Waals surface area contributed by atoms with Crippen LogP contribution in [-0.4, -0.2) is 24.3 Å². The molecule has 3 unspecified atom stereocenters. The van der Waals surface area contributed by atoms with Gasteiger partial charge >= 0.3 is 0 Å². The minimum Gasteiger partial charge on any atom is -0.369 e. The Labute approximate surface area is 87.4 Å². The molecule has 0 spiro atoms. The first kappa shape index (κ1) is 10.4. The van der Waals surface area contributed by atoms with Crippen molar-refractivity contribution in [2.45, 2.75) is 70.1 Å². The van der Waals surface area contributed by atoms with Crippen LogP contribution in [-0.2, 0) is 4.74 Å². The van der Waals surface area contributed by atoms with Crippen molar-refractivity contribution in [1.82, 2.24) is 5.32 Å². The van der Waals surface area contributed by atoms with E-state index in [0.29, 0.717) is 12.1 Å². The highest BCUT2D eigenvalue weighted by Gasteiger charge is 2.37. The van der Waals surface area contributed by atoms with Gasteiger partial charge in [0.15, 0.2) is 0 Å². The number of rotatable bonds is 1. The quantitative estimate of drug-likeness (QED) is 0.697. The molecule has 0 bridgehead atoms. The number of ether oxygens (including phenoxy) is 1. The first-order valence-electron chi connectivity index (χ1n) is 6.15. The molecule has 1 N–H and O–H groups in total. The van der Waals surface area contributed by atoms with Gasteiger partial charge < -0.3 is 10.1 Å². The second-order valence-corrected chi connectivity index (χ2v) is 5.09. The van der Waals surface area contributed by atoms with Crippen LogP contribution in [0.1, 0.15) is 52.4 Å². The molecule has 2 nitrogen and oxygen atoms in total. The molecule has 2 aliphatic rings. The normalized spacial score (nSPS) is 44.1. The summed E-state index contributed by atoms with van der Waals surface area (Å²) in [5.74, 6) is 0. The van der Waals surface area contributed by atoms with Gasteiger partial charge in [-0.05, 0) is 26.2 Å². The summed E-state index contributed by atoms with van der Waals surface area (Å²) in [5, 5.41) is 3.68. The molecule has 0 aromatic heterocycles. The monoisotopic (exact) mass is 197 g/mol. The summed E-state index contributed by atoms with van der Waals surface area (Å²) in [6.07, 6.45) is 8.28. The van der Waals surface area contributed by atoms with E-state index >= 15 is 0 Å². The summed E-state index contributed by atoms with van der Waals surface area (Å²) in [7, 11) is 0. The van der Waals surface area contributed by atoms with Crippen molar-refractivity contribution < 1.29 is 4.74 Å². The molecule has 1 aliphatic carbocycles. The third-order valence-corrected chi connectivity index (χ3v) is 3.87. The molecule has 1 heterocycles. The van der Waals surface area contributed by atoms with Crippen molar-refractivity contribution in [2.24, 2.45) is 0 Å². The molecule has 2 heteroatoms. The number of morpholine rings is 1. The van der Waals surface area contributed by atoms with Crippen LogP contribution in [0.5, 0.6) is 0 Å². The molecule has 0 aromatic carbocycles. The zero-order valence-electron chi connectivity index (χ0n) is 9.51.